The largest absolute Gasteiger partial charge is 0.317 e. The molecule has 106 valence electrons. The van der Waals surface area contributed by atoms with Gasteiger partial charge in [0, 0.05) is 17.6 Å². The number of hydrogen-bond donors (Lipinski definition) is 1. The van der Waals surface area contributed by atoms with Crippen LogP contribution in [0.15, 0.2) is 24.3 Å². The quantitative estimate of drug-likeness (QED) is 0.855. The molecule has 3 heteroatoms. The number of benzene rings is 1. The highest BCUT2D eigenvalue weighted by molar-refractivity contribution is 6.31. The molecule has 0 atom stereocenters. The molecular formula is C16H25ClN2. The van der Waals surface area contributed by atoms with Crippen LogP contribution in [0.1, 0.15) is 38.2 Å². The van der Waals surface area contributed by atoms with Crippen LogP contribution in [-0.4, -0.2) is 30.6 Å². The van der Waals surface area contributed by atoms with Crippen molar-refractivity contribution < 1.29 is 0 Å². The molecule has 1 heterocycles. The lowest BCUT2D eigenvalue weighted by atomic mass is 10.0. The standard InChI is InChI=1S/C16H25ClN2/c1-2-3-12-19(15-8-10-18-11-9-15)13-14-6-4-5-7-16(14)17/h4-7,15,18H,2-3,8-13H2,1H3. The molecule has 0 spiro atoms. The van der Waals surface area contributed by atoms with E-state index in [1.807, 2.05) is 12.1 Å². The third-order valence-corrected chi connectivity index (χ3v) is 4.32. The lowest BCUT2D eigenvalue weighted by molar-refractivity contribution is 0.152. The fourth-order valence-corrected chi connectivity index (χ4v) is 2.96. The van der Waals surface area contributed by atoms with Gasteiger partial charge in [-0.1, -0.05) is 43.1 Å². The van der Waals surface area contributed by atoms with Crippen LogP contribution in [0.4, 0.5) is 0 Å². The molecular weight excluding hydrogens is 256 g/mol. The molecule has 0 aliphatic carbocycles. The third-order valence-electron chi connectivity index (χ3n) is 3.96. The number of rotatable bonds is 6. The van der Waals surface area contributed by atoms with Crippen molar-refractivity contribution in [3.63, 3.8) is 0 Å². The summed E-state index contributed by atoms with van der Waals surface area (Å²) in [5.41, 5.74) is 1.26. The predicted octanol–water partition coefficient (Wildman–Crippen LogP) is 3.69. The summed E-state index contributed by atoms with van der Waals surface area (Å²) in [5, 5.41) is 4.35. The fraction of sp³-hybridized carbons (Fsp3) is 0.625. The first-order valence-corrected chi connectivity index (χ1v) is 7.87. The van der Waals surface area contributed by atoms with E-state index in [1.165, 1.54) is 37.8 Å². The van der Waals surface area contributed by atoms with Gasteiger partial charge in [-0.2, -0.15) is 0 Å². The fourth-order valence-electron chi connectivity index (χ4n) is 2.77. The van der Waals surface area contributed by atoms with Crippen molar-refractivity contribution in [2.24, 2.45) is 0 Å². The number of hydrogen-bond acceptors (Lipinski definition) is 2. The number of nitrogens with one attached hydrogen (secondary N) is 1. The normalized spacial score (nSPS) is 17.0. The smallest absolute Gasteiger partial charge is 0.0451 e. The minimum absolute atomic E-state index is 0.712. The molecule has 1 saturated heterocycles. The van der Waals surface area contributed by atoms with Gasteiger partial charge in [0.05, 0.1) is 0 Å². The summed E-state index contributed by atoms with van der Waals surface area (Å²) >= 11 is 6.30. The molecule has 1 fully saturated rings. The van der Waals surface area contributed by atoms with E-state index in [1.54, 1.807) is 0 Å². The van der Waals surface area contributed by atoms with Crippen molar-refractivity contribution in [1.29, 1.82) is 0 Å². The second kappa shape index (κ2) is 7.88. The zero-order valence-corrected chi connectivity index (χ0v) is 12.6. The van der Waals surface area contributed by atoms with E-state index >= 15 is 0 Å². The Morgan fingerprint density at radius 3 is 2.68 bits per heavy atom. The molecule has 1 aliphatic heterocycles. The number of piperidine rings is 1. The van der Waals surface area contributed by atoms with Crippen LogP contribution in [0.3, 0.4) is 0 Å². The first kappa shape index (κ1) is 14.8. The van der Waals surface area contributed by atoms with Crippen LogP contribution >= 0.6 is 11.6 Å². The van der Waals surface area contributed by atoms with Crippen LogP contribution in [0, 0.1) is 0 Å². The average Bonchev–Trinajstić information content (AvgIpc) is 2.46. The predicted molar refractivity (Wildman–Crippen MR) is 82.7 cm³/mol. The molecule has 19 heavy (non-hydrogen) atoms. The van der Waals surface area contributed by atoms with Gasteiger partial charge in [-0.3, -0.25) is 4.90 Å². The average molecular weight is 281 g/mol. The summed E-state index contributed by atoms with van der Waals surface area (Å²) in [6, 6.07) is 8.96. The Morgan fingerprint density at radius 2 is 2.00 bits per heavy atom. The maximum Gasteiger partial charge on any atom is 0.0451 e. The first-order chi connectivity index (χ1) is 9.31. The zero-order valence-electron chi connectivity index (χ0n) is 11.9. The second-order valence-electron chi connectivity index (χ2n) is 5.40. The van der Waals surface area contributed by atoms with Gasteiger partial charge < -0.3 is 5.32 Å². The maximum atomic E-state index is 6.30. The van der Waals surface area contributed by atoms with E-state index < -0.39 is 0 Å². The van der Waals surface area contributed by atoms with Crippen LogP contribution in [0.5, 0.6) is 0 Å². The van der Waals surface area contributed by atoms with Gasteiger partial charge in [0.2, 0.25) is 0 Å². The maximum absolute atomic E-state index is 6.30. The Morgan fingerprint density at radius 1 is 1.26 bits per heavy atom. The summed E-state index contributed by atoms with van der Waals surface area (Å²) in [6.45, 7) is 6.73. The van der Waals surface area contributed by atoms with E-state index in [9.17, 15) is 0 Å². The number of nitrogens with zero attached hydrogens (tertiary/aromatic N) is 1. The SMILES string of the molecule is CCCCN(Cc1ccccc1Cl)C1CCNCC1. The molecule has 0 radical (unpaired) electrons. The Labute approximate surface area is 122 Å². The topological polar surface area (TPSA) is 15.3 Å². The van der Waals surface area contributed by atoms with E-state index in [-0.39, 0.29) is 0 Å². The van der Waals surface area contributed by atoms with Gasteiger partial charge in [-0.15, -0.1) is 0 Å². The van der Waals surface area contributed by atoms with Gasteiger partial charge >= 0.3 is 0 Å². The van der Waals surface area contributed by atoms with Crippen molar-refractivity contribution >= 4 is 11.6 Å². The van der Waals surface area contributed by atoms with Gasteiger partial charge in [0.25, 0.3) is 0 Å². The Balaban J connectivity index is 2.02. The molecule has 1 aliphatic rings. The van der Waals surface area contributed by atoms with Crippen molar-refractivity contribution in [3.8, 4) is 0 Å². The van der Waals surface area contributed by atoms with Gasteiger partial charge in [0.1, 0.15) is 0 Å². The van der Waals surface area contributed by atoms with Crippen LogP contribution in [-0.2, 0) is 6.54 Å². The van der Waals surface area contributed by atoms with Crippen molar-refractivity contribution in [2.45, 2.75) is 45.2 Å². The summed E-state index contributed by atoms with van der Waals surface area (Å²) < 4.78 is 0. The summed E-state index contributed by atoms with van der Waals surface area (Å²) in [4.78, 5) is 2.63. The Kier molecular flexibility index (Phi) is 6.15. The summed E-state index contributed by atoms with van der Waals surface area (Å²) in [7, 11) is 0. The Hall–Kier alpha value is -0.570. The molecule has 0 bridgehead atoms. The summed E-state index contributed by atoms with van der Waals surface area (Å²) in [6.07, 6.45) is 5.04. The minimum atomic E-state index is 0.712. The van der Waals surface area contributed by atoms with Gasteiger partial charge in [-0.25, -0.2) is 0 Å². The molecule has 1 aromatic carbocycles. The number of unbranched alkanes of at least 4 members (excludes halogenated alkanes) is 1. The highest BCUT2D eigenvalue weighted by atomic mass is 35.5. The van der Waals surface area contributed by atoms with E-state index in [4.69, 9.17) is 11.6 Å². The minimum Gasteiger partial charge on any atom is -0.317 e. The lowest BCUT2D eigenvalue weighted by Crippen LogP contribution is -2.43. The van der Waals surface area contributed by atoms with Crippen molar-refractivity contribution in [2.75, 3.05) is 19.6 Å². The van der Waals surface area contributed by atoms with E-state index in [0.29, 0.717) is 6.04 Å². The molecule has 0 amide bonds. The van der Waals surface area contributed by atoms with Crippen LogP contribution in [0.25, 0.3) is 0 Å². The lowest BCUT2D eigenvalue weighted by Gasteiger charge is -2.35. The second-order valence-corrected chi connectivity index (χ2v) is 5.80. The molecule has 1 aromatic rings. The highest BCUT2D eigenvalue weighted by Gasteiger charge is 2.21. The van der Waals surface area contributed by atoms with E-state index in [0.717, 1.165) is 24.7 Å². The van der Waals surface area contributed by atoms with Crippen molar-refractivity contribution in [1.82, 2.24) is 10.2 Å². The monoisotopic (exact) mass is 280 g/mol. The van der Waals surface area contributed by atoms with Gasteiger partial charge in [0.15, 0.2) is 0 Å². The van der Waals surface area contributed by atoms with Crippen LogP contribution in [0.2, 0.25) is 5.02 Å². The molecule has 1 N–H and O–H groups in total. The van der Waals surface area contributed by atoms with E-state index in [2.05, 4.69) is 29.3 Å². The molecule has 2 nitrogen and oxygen atoms in total. The van der Waals surface area contributed by atoms with Gasteiger partial charge in [-0.05, 0) is 50.5 Å². The first-order valence-electron chi connectivity index (χ1n) is 7.49. The Bertz CT molecular complexity index is 375. The third kappa shape index (κ3) is 4.48. The molecule has 0 saturated carbocycles. The summed E-state index contributed by atoms with van der Waals surface area (Å²) in [5.74, 6) is 0. The molecule has 2 rings (SSSR count). The molecule has 0 unspecified atom stereocenters. The highest BCUT2D eigenvalue weighted by Crippen LogP contribution is 2.21. The zero-order chi connectivity index (χ0) is 13.5. The number of halogens is 1. The van der Waals surface area contributed by atoms with Crippen molar-refractivity contribution in [3.05, 3.63) is 34.9 Å². The molecule has 0 aromatic heterocycles. The van der Waals surface area contributed by atoms with Crippen LogP contribution < -0.4 is 5.32 Å².